The van der Waals surface area contributed by atoms with Crippen molar-refractivity contribution in [3.8, 4) is 11.6 Å². The van der Waals surface area contributed by atoms with Crippen molar-refractivity contribution in [1.82, 2.24) is 14.9 Å². The molecule has 2 heterocycles. The van der Waals surface area contributed by atoms with Crippen molar-refractivity contribution in [1.29, 1.82) is 0 Å². The van der Waals surface area contributed by atoms with E-state index in [0.717, 1.165) is 33.7 Å². The smallest absolute Gasteiger partial charge is 0.229 e. The Morgan fingerprint density at radius 3 is 2.46 bits per heavy atom. The molecular weight excluding hydrogens is 467 g/mol. The van der Waals surface area contributed by atoms with Gasteiger partial charge in [0.1, 0.15) is 11.6 Å². The van der Waals surface area contributed by atoms with Crippen molar-refractivity contribution < 1.29 is 13.9 Å². The van der Waals surface area contributed by atoms with Gasteiger partial charge in [0.2, 0.25) is 17.7 Å². The molecule has 0 aliphatic carbocycles. The molecule has 188 valence electrons. The van der Waals surface area contributed by atoms with Gasteiger partial charge in [-0.25, -0.2) is 9.37 Å². The van der Waals surface area contributed by atoms with Crippen molar-refractivity contribution in [2.75, 3.05) is 18.5 Å². The van der Waals surface area contributed by atoms with E-state index in [-0.39, 0.29) is 18.1 Å². The number of hydrogen-bond acceptors (Lipinski definition) is 5. The minimum atomic E-state index is -0.314. The summed E-state index contributed by atoms with van der Waals surface area (Å²) in [6.07, 6.45) is 0.811. The number of aryl methyl sites for hydroxylation is 1. The number of nitrogens with zero attached hydrogens (tertiary/aromatic N) is 4. The second-order valence-corrected chi connectivity index (χ2v) is 9.33. The highest BCUT2D eigenvalue weighted by atomic mass is 19.1. The summed E-state index contributed by atoms with van der Waals surface area (Å²) in [6, 6.07) is 24.0. The number of carbonyl (C=O) groups is 1. The van der Waals surface area contributed by atoms with Crippen LogP contribution in [0.1, 0.15) is 27.9 Å². The molecule has 0 saturated carbocycles. The van der Waals surface area contributed by atoms with E-state index >= 15 is 0 Å². The van der Waals surface area contributed by atoms with Gasteiger partial charge in [0.25, 0.3) is 0 Å². The average Bonchev–Trinajstić information content (AvgIpc) is 2.91. The molecule has 0 radical (unpaired) electrons. The standard InChI is InChI=1S/C30H29FN4O2/c1-21-8-6-7-11-27(21)37-29-25-20-35(28(36)18-22-12-14-24(31)15-13-22)17-16-26(25)32-30(33-29)34(2)19-23-9-4-3-5-10-23/h3-15H,16-20H2,1-2H3. The second kappa shape index (κ2) is 10.8. The van der Waals surface area contributed by atoms with Crippen LogP contribution in [0.2, 0.25) is 0 Å². The van der Waals surface area contributed by atoms with Crippen LogP contribution in [0, 0.1) is 12.7 Å². The minimum Gasteiger partial charge on any atom is -0.438 e. The molecule has 37 heavy (non-hydrogen) atoms. The summed E-state index contributed by atoms with van der Waals surface area (Å²) in [4.78, 5) is 26.6. The number of para-hydroxylation sites is 1. The second-order valence-electron chi connectivity index (χ2n) is 9.33. The average molecular weight is 497 g/mol. The van der Waals surface area contributed by atoms with E-state index in [4.69, 9.17) is 14.7 Å². The van der Waals surface area contributed by atoms with Gasteiger partial charge in [-0.3, -0.25) is 4.79 Å². The highest BCUT2D eigenvalue weighted by Gasteiger charge is 2.27. The maximum Gasteiger partial charge on any atom is 0.229 e. The normalized spacial score (nSPS) is 12.7. The Kier molecular flexibility index (Phi) is 7.12. The number of benzene rings is 3. The Labute approximate surface area is 216 Å². The van der Waals surface area contributed by atoms with E-state index in [0.29, 0.717) is 37.9 Å². The minimum absolute atomic E-state index is 0.0237. The highest BCUT2D eigenvalue weighted by molar-refractivity contribution is 5.79. The molecule has 1 aliphatic rings. The quantitative estimate of drug-likeness (QED) is 0.339. The van der Waals surface area contributed by atoms with Gasteiger partial charge in [-0.15, -0.1) is 0 Å². The van der Waals surface area contributed by atoms with Gasteiger partial charge in [-0.1, -0.05) is 60.7 Å². The Hall–Kier alpha value is -4.26. The number of anilines is 1. The zero-order valence-corrected chi connectivity index (χ0v) is 21.0. The van der Waals surface area contributed by atoms with E-state index in [1.165, 1.54) is 12.1 Å². The number of halogens is 1. The molecule has 3 aromatic carbocycles. The number of fused-ring (bicyclic) bond motifs is 1. The zero-order valence-electron chi connectivity index (χ0n) is 21.0. The fourth-order valence-corrected chi connectivity index (χ4v) is 4.43. The first-order chi connectivity index (χ1) is 18.0. The molecular formula is C30H29FN4O2. The Bertz CT molecular complexity index is 1390. The van der Waals surface area contributed by atoms with E-state index in [2.05, 4.69) is 12.1 Å². The third-order valence-corrected chi connectivity index (χ3v) is 6.54. The van der Waals surface area contributed by atoms with Crippen LogP contribution < -0.4 is 9.64 Å². The molecule has 0 spiro atoms. The van der Waals surface area contributed by atoms with Crippen molar-refractivity contribution in [3.05, 3.63) is 113 Å². The third-order valence-electron chi connectivity index (χ3n) is 6.54. The molecule has 0 atom stereocenters. The molecule has 0 unspecified atom stereocenters. The van der Waals surface area contributed by atoms with Crippen LogP contribution in [-0.4, -0.2) is 34.4 Å². The van der Waals surface area contributed by atoms with Crippen LogP contribution in [0.3, 0.4) is 0 Å². The fraction of sp³-hybridized carbons (Fsp3) is 0.233. The molecule has 0 saturated heterocycles. The van der Waals surface area contributed by atoms with Gasteiger partial charge in [-0.2, -0.15) is 4.98 Å². The predicted molar refractivity (Wildman–Crippen MR) is 141 cm³/mol. The Morgan fingerprint density at radius 2 is 1.70 bits per heavy atom. The first-order valence-electron chi connectivity index (χ1n) is 12.4. The Balaban J connectivity index is 1.43. The van der Waals surface area contributed by atoms with Crippen LogP contribution in [0.25, 0.3) is 0 Å². The van der Waals surface area contributed by atoms with Gasteiger partial charge in [0.15, 0.2) is 0 Å². The summed E-state index contributed by atoms with van der Waals surface area (Å²) in [6.45, 7) is 3.56. The van der Waals surface area contributed by atoms with Crippen LogP contribution >= 0.6 is 0 Å². The van der Waals surface area contributed by atoms with Gasteiger partial charge >= 0.3 is 0 Å². The fourth-order valence-electron chi connectivity index (χ4n) is 4.43. The first kappa shape index (κ1) is 24.4. The lowest BCUT2D eigenvalue weighted by molar-refractivity contribution is -0.131. The summed E-state index contributed by atoms with van der Waals surface area (Å²) >= 11 is 0. The summed E-state index contributed by atoms with van der Waals surface area (Å²) in [5.74, 6) is 1.43. The van der Waals surface area contributed by atoms with E-state index in [1.807, 2.05) is 61.3 Å². The van der Waals surface area contributed by atoms with Gasteiger partial charge in [0, 0.05) is 26.6 Å². The number of amides is 1. The summed E-state index contributed by atoms with van der Waals surface area (Å²) < 4.78 is 19.6. The first-order valence-corrected chi connectivity index (χ1v) is 12.4. The molecule has 0 N–H and O–H groups in total. The lowest BCUT2D eigenvalue weighted by atomic mass is 10.0. The number of carbonyl (C=O) groups excluding carboxylic acids is 1. The van der Waals surface area contributed by atoms with E-state index in [1.54, 1.807) is 17.0 Å². The monoisotopic (exact) mass is 496 g/mol. The zero-order chi connectivity index (χ0) is 25.8. The molecule has 6 nitrogen and oxygen atoms in total. The van der Waals surface area contributed by atoms with Crippen LogP contribution in [0.5, 0.6) is 11.6 Å². The molecule has 0 fully saturated rings. The van der Waals surface area contributed by atoms with Crippen molar-refractivity contribution in [3.63, 3.8) is 0 Å². The van der Waals surface area contributed by atoms with Crippen LogP contribution in [-0.2, 0) is 30.7 Å². The van der Waals surface area contributed by atoms with E-state index in [9.17, 15) is 9.18 Å². The van der Waals surface area contributed by atoms with Gasteiger partial charge < -0.3 is 14.5 Å². The molecule has 5 rings (SSSR count). The summed E-state index contributed by atoms with van der Waals surface area (Å²) in [5.41, 5.74) is 4.64. The molecule has 1 aromatic heterocycles. The maximum absolute atomic E-state index is 13.3. The topological polar surface area (TPSA) is 58.6 Å². The number of hydrogen-bond donors (Lipinski definition) is 0. The van der Waals surface area contributed by atoms with Gasteiger partial charge in [0.05, 0.1) is 24.2 Å². The number of rotatable bonds is 7. The molecule has 4 aromatic rings. The van der Waals surface area contributed by atoms with Crippen LogP contribution in [0.15, 0.2) is 78.9 Å². The lowest BCUT2D eigenvalue weighted by Crippen LogP contribution is -2.38. The van der Waals surface area contributed by atoms with Crippen molar-refractivity contribution >= 4 is 11.9 Å². The number of aromatic nitrogens is 2. The summed E-state index contributed by atoms with van der Waals surface area (Å²) in [7, 11) is 1.97. The van der Waals surface area contributed by atoms with Crippen molar-refractivity contribution in [2.45, 2.75) is 32.9 Å². The summed E-state index contributed by atoms with van der Waals surface area (Å²) in [5, 5.41) is 0. The van der Waals surface area contributed by atoms with Crippen LogP contribution in [0.4, 0.5) is 10.3 Å². The molecule has 7 heteroatoms. The Morgan fingerprint density at radius 1 is 0.973 bits per heavy atom. The molecule has 0 bridgehead atoms. The highest BCUT2D eigenvalue weighted by Crippen LogP contribution is 2.33. The SMILES string of the molecule is Cc1ccccc1Oc1nc(N(C)Cc2ccccc2)nc2c1CN(C(=O)Cc1ccc(F)cc1)CC2. The maximum atomic E-state index is 13.3. The largest absolute Gasteiger partial charge is 0.438 e. The predicted octanol–water partition coefficient (Wildman–Crippen LogP) is 5.48. The molecule has 1 amide bonds. The van der Waals surface area contributed by atoms with E-state index < -0.39 is 0 Å². The number of ether oxygens (including phenoxy) is 1. The van der Waals surface area contributed by atoms with Gasteiger partial charge in [-0.05, 0) is 41.8 Å². The lowest BCUT2D eigenvalue weighted by Gasteiger charge is -2.30. The third kappa shape index (κ3) is 5.77. The van der Waals surface area contributed by atoms with Crippen molar-refractivity contribution in [2.24, 2.45) is 0 Å². The molecule has 1 aliphatic heterocycles.